The second-order valence-electron chi connectivity index (χ2n) is 3.14. The van der Waals surface area contributed by atoms with E-state index < -0.39 is 0 Å². The maximum atomic E-state index is 11.1. The SMILES string of the molecule is CCCOCCC(=O)NCC(C)N. The zero-order chi connectivity index (χ0) is 10.1. The molecule has 0 aromatic rings. The third-order valence-electron chi connectivity index (χ3n) is 1.44. The summed E-state index contributed by atoms with van der Waals surface area (Å²) in [6.07, 6.45) is 1.41. The highest BCUT2D eigenvalue weighted by Crippen LogP contribution is 1.85. The molecule has 0 saturated heterocycles. The maximum absolute atomic E-state index is 11.1. The Morgan fingerprint density at radius 3 is 2.77 bits per heavy atom. The molecule has 0 bridgehead atoms. The first kappa shape index (κ1) is 12.4. The van der Waals surface area contributed by atoms with Gasteiger partial charge in [-0.1, -0.05) is 6.92 Å². The van der Waals surface area contributed by atoms with Crippen LogP contribution in [0.2, 0.25) is 0 Å². The molecule has 0 saturated carbocycles. The first-order valence-corrected chi connectivity index (χ1v) is 4.76. The lowest BCUT2D eigenvalue weighted by Crippen LogP contribution is -2.35. The van der Waals surface area contributed by atoms with E-state index in [1.54, 1.807) is 0 Å². The average molecular weight is 188 g/mol. The van der Waals surface area contributed by atoms with Crippen molar-refractivity contribution in [1.29, 1.82) is 0 Å². The molecule has 0 aromatic carbocycles. The Morgan fingerprint density at radius 2 is 2.23 bits per heavy atom. The monoisotopic (exact) mass is 188 g/mol. The number of carbonyl (C=O) groups excluding carboxylic acids is 1. The quantitative estimate of drug-likeness (QED) is 0.563. The van der Waals surface area contributed by atoms with Gasteiger partial charge in [0.25, 0.3) is 0 Å². The van der Waals surface area contributed by atoms with Crippen LogP contribution in [0.5, 0.6) is 0 Å². The van der Waals surface area contributed by atoms with E-state index in [2.05, 4.69) is 5.32 Å². The van der Waals surface area contributed by atoms with Crippen molar-refractivity contribution in [2.24, 2.45) is 5.73 Å². The molecule has 78 valence electrons. The van der Waals surface area contributed by atoms with E-state index in [1.165, 1.54) is 0 Å². The minimum Gasteiger partial charge on any atom is -0.381 e. The van der Waals surface area contributed by atoms with Crippen LogP contribution in [0.1, 0.15) is 26.7 Å². The van der Waals surface area contributed by atoms with Gasteiger partial charge >= 0.3 is 0 Å². The van der Waals surface area contributed by atoms with Crippen LogP contribution in [0, 0.1) is 0 Å². The lowest BCUT2D eigenvalue weighted by Gasteiger charge is -2.07. The number of amides is 1. The van der Waals surface area contributed by atoms with Crippen LogP contribution in [-0.4, -0.2) is 31.7 Å². The Bertz CT molecular complexity index is 138. The molecule has 0 radical (unpaired) electrons. The Morgan fingerprint density at radius 1 is 1.54 bits per heavy atom. The summed E-state index contributed by atoms with van der Waals surface area (Å²) >= 11 is 0. The van der Waals surface area contributed by atoms with Crippen molar-refractivity contribution < 1.29 is 9.53 Å². The summed E-state index contributed by atoms with van der Waals surface area (Å²) in [4.78, 5) is 11.1. The molecule has 1 amide bonds. The lowest BCUT2D eigenvalue weighted by molar-refractivity contribution is -0.122. The van der Waals surface area contributed by atoms with Gasteiger partial charge in [-0.3, -0.25) is 4.79 Å². The summed E-state index contributed by atoms with van der Waals surface area (Å²) in [7, 11) is 0. The summed E-state index contributed by atoms with van der Waals surface area (Å²) in [6.45, 7) is 5.65. The zero-order valence-corrected chi connectivity index (χ0v) is 8.51. The third-order valence-corrected chi connectivity index (χ3v) is 1.44. The van der Waals surface area contributed by atoms with Crippen molar-refractivity contribution in [2.45, 2.75) is 32.7 Å². The van der Waals surface area contributed by atoms with Gasteiger partial charge in [0.1, 0.15) is 0 Å². The van der Waals surface area contributed by atoms with Gasteiger partial charge in [-0.15, -0.1) is 0 Å². The fourth-order valence-electron chi connectivity index (χ4n) is 0.774. The van der Waals surface area contributed by atoms with Crippen LogP contribution in [-0.2, 0) is 9.53 Å². The molecule has 1 unspecified atom stereocenters. The van der Waals surface area contributed by atoms with Crippen LogP contribution in [0.15, 0.2) is 0 Å². The number of carbonyl (C=O) groups is 1. The molecule has 0 aliphatic heterocycles. The summed E-state index contributed by atoms with van der Waals surface area (Å²) in [6, 6.07) is 0.0144. The minimum atomic E-state index is 0.00778. The maximum Gasteiger partial charge on any atom is 0.222 e. The van der Waals surface area contributed by atoms with Crippen LogP contribution in [0.25, 0.3) is 0 Å². The molecule has 0 aromatic heterocycles. The van der Waals surface area contributed by atoms with Gasteiger partial charge in [0.15, 0.2) is 0 Å². The van der Waals surface area contributed by atoms with E-state index in [4.69, 9.17) is 10.5 Å². The molecule has 13 heavy (non-hydrogen) atoms. The first-order chi connectivity index (χ1) is 6.16. The molecule has 1 atom stereocenters. The van der Waals surface area contributed by atoms with Crippen molar-refractivity contribution in [3.63, 3.8) is 0 Å². The highest BCUT2D eigenvalue weighted by molar-refractivity contribution is 5.75. The molecule has 0 aliphatic rings. The molecule has 0 aliphatic carbocycles. The topological polar surface area (TPSA) is 64.3 Å². The molecule has 3 N–H and O–H groups in total. The van der Waals surface area contributed by atoms with Crippen molar-refractivity contribution in [3.05, 3.63) is 0 Å². The molecule has 0 heterocycles. The Balaban J connectivity index is 3.20. The first-order valence-electron chi connectivity index (χ1n) is 4.76. The summed E-state index contributed by atoms with van der Waals surface area (Å²) in [5.74, 6) is 0.00778. The van der Waals surface area contributed by atoms with Crippen molar-refractivity contribution >= 4 is 5.91 Å². The van der Waals surface area contributed by atoms with Crippen LogP contribution < -0.4 is 11.1 Å². The number of nitrogens with two attached hydrogens (primary N) is 1. The Hall–Kier alpha value is -0.610. The Kier molecular flexibility index (Phi) is 7.63. The molecule has 4 nitrogen and oxygen atoms in total. The lowest BCUT2D eigenvalue weighted by atomic mass is 10.3. The van der Waals surface area contributed by atoms with Gasteiger partial charge in [-0.2, -0.15) is 0 Å². The van der Waals surface area contributed by atoms with Gasteiger partial charge in [0.05, 0.1) is 6.61 Å². The second-order valence-corrected chi connectivity index (χ2v) is 3.14. The minimum absolute atomic E-state index is 0.00778. The van der Waals surface area contributed by atoms with Crippen molar-refractivity contribution in [2.75, 3.05) is 19.8 Å². The fraction of sp³-hybridized carbons (Fsp3) is 0.889. The van der Waals surface area contributed by atoms with Gasteiger partial charge in [-0.05, 0) is 13.3 Å². The van der Waals surface area contributed by atoms with Gasteiger partial charge in [-0.25, -0.2) is 0 Å². The van der Waals surface area contributed by atoms with Crippen LogP contribution in [0.4, 0.5) is 0 Å². The van der Waals surface area contributed by atoms with Crippen LogP contribution >= 0.6 is 0 Å². The number of ether oxygens (including phenoxy) is 1. The fourth-order valence-corrected chi connectivity index (χ4v) is 0.774. The van der Waals surface area contributed by atoms with E-state index >= 15 is 0 Å². The third kappa shape index (κ3) is 9.30. The Labute approximate surface area is 79.8 Å². The summed E-state index contributed by atoms with van der Waals surface area (Å²) in [5.41, 5.74) is 5.47. The number of nitrogens with one attached hydrogen (secondary N) is 1. The summed E-state index contributed by atoms with van der Waals surface area (Å²) in [5, 5.41) is 2.72. The predicted octanol–water partition coefficient (Wildman–Crippen LogP) is 0.267. The van der Waals surface area contributed by atoms with Crippen LogP contribution in [0.3, 0.4) is 0 Å². The van der Waals surface area contributed by atoms with Crippen molar-refractivity contribution in [1.82, 2.24) is 5.32 Å². The highest BCUT2D eigenvalue weighted by atomic mass is 16.5. The second kappa shape index (κ2) is 8.01. The number of hydrogen-bond donors (Lipinski definition) is 2. The normalized spacial score (nSPS) is 12.5. The predicted molar refractivity (Wildman–Crippen MR) is 52.4 cm³/mol. The van der Waals surface area contributed by atoms with Gasteiger partial charge < -0.3 is 15.8 Å². The summed E-state index contributed by atoms with van der Waals surface area (Å²) < 4.78 is 5.17. The standard InChI is InChI=1S/C9H20N2O2/c1-3-5-13-6-4-9(12)11-7-8(2)10/h8H,3-7,10H2,1-2H3,(H,11,12). The molecule has 4 heteroatoms. The van der Waals surface area contributed by atoms with Gasteiger partial charge in [0.2, 0.25) is 5.91 Å². The number of rotatable bonds is 7. The molecule has 0 fully saturated rings. The average Bonchev–Trinajstić information content (AvgIpc) is 2.09. The zero-order valence-electron chi connectivity index (χ0n) is 8.51. The van der Waals surface area contributed by atoms with E-state index in [0.717, 1.165) is 13.0 Å². The molecule has 0 rings (SSSR count). The molecular formula is C9H20N2O2. The molecular weight excluding hydrogens is 168 g/mol. The number of hydrogen-bond acceptors (Lipinski definition) is 3. The van der Waals surface area contributed by atoms with E-state index in [-0.39, 0.29) is 11.9 Å². The van der Waals surface area contributed by atoms with E-state index in [0.29, 0.717) is 19.6 Å². The highest BCUT2D eigenvalue weighted by Gasteiger charge is 2.01. The molecule has 0 spiro atoms. The smallest absolute Gasteiger partial charge is 0.222 e. The van der Waals surface area contributed by atoms with E-state index in [9.17, 15) is 4.79 Å². The largest absolute Gasteiger partial charge is 0.381 e. The van der Waals surface area contributed by atoms with Crippen molar-refractivity contribution in [3.8, 4) is 0 Å². The van der Waals surface area contributed by atoms with E-state index in [1.807, 2.05) is 13.8 Å². The van der Waals surface area contributed by atoms with Gasteiger partial charge in [0, 0.05) is 25.6 Å².